The van der Waals surface area contributed by atoms with Crippen molar-refractivity contribution in [2.75, 3.05) is 18.0 Å². The maximum absolute atomic E-state index is 13.4. The highest BCUT2D eigenvalue weighted by molar-refractivity contribution is 5.79. The first-order valence-corrected chi connectivity index (χ1v) is 11.2. The summed E-state index contributed by atoms with van der Waals surface area (Å²) in [6, 6.07) is 14.8. The highest BCUT2D eigenvalue weighted by Crippen LogP contribution is 2.29. The summed E-state index contributed by atoms with van der Waals surface area (Å²) in [5, 5.41) is 2.94. The van der Waals surface area contributed by atoms with Crippen LogP contribution in [0.5, 0.6) is 0 Å². The molecule has 170 valence electrons. The van der Waals surface area contributed by atoms with E-state index >= 15 is 0 Å². The number of benzene rings is 2. The number of rotatable bonds is 5. The maximum Gasteiger partial charge on any atom is 0.407 e. The van der Waals surface area contributed by atoms with Crippen molar-refractivity contribution in [1.29, 1.82) is 0 Å². The Morgan fingerprint density at radius 3 is 2.66 bits per heavy atom. The average Bonchev–Trinajstić information content (AvgIpc) is 3.11. The summed E-state index contributed by atoms with van der Waals surface area (Å²) in [4.78, 5) is 19.5. The van der Waals surface area contributed by atoms with Crippen LogP contribution in [0.1, 0.15) is 45.6 Å². The van der Waals surface area contributed by atoms with Crippen molar-refractivity contribution in [3.05, 3.63) is 59.9 Å². The Hall–Kier alpha value is -3.09. The molecule has 1 fully saturated rings. The van der Waals surface area contributed by atoms with Crippen LogP contribution in [0.2, 0.25) is 0 Å². The fourth-order valence-electron chi connectivity index (χ4n) is 4.20. The number of hydrogen-bond donors (Lipinski definition) is 1. The van der Waals surface area contributed by atoms with Gasteiger partial charge in [-0.1, -0.05) is 24.3 Å². The van der Waals surface area contributed by atoms with Crippen LogP contribution >= 0.6 is 0 Å². The summed E-state index contributed by atoms with van der Waals surface area (Å²) in [7, 11) is 0. The van der Waals surface area contributed by atoms with E-state index in [-0.39, 0.29) is 11.9 Å². The fraction of sp³-hybridized carbons (Fsp3) is 0.440. The van der Waals surface area contributed by atoms with Crippen LogP contribution < -0.4 is 10.2 Å². The largest absolute Gasteiger partial charge is 0.444 e. The van der Waals surface area contributed by atoms with Crippen molar-refractivity contribution < 1.29 is 13.9 Å². The number of amides is 1. The number of nitrogens with one attached hydrogen (secondary N) is 1. The third-order valence-corrected chi connectivity index (χ3v) is 5.65. The number of ether oxygens (including phenoxy) is 1. The molecular weight excluding hydrogens is 407 g/mol. The Labute approximate surface area is 188 Å². The van der Waals surface area contributed by atoms with Gasteiger partial charge in [0.25, 0.3) is 0 Å². The molecule has 0 aliphatic carbocycles. The van der Waals surface area contributed by atoms with Crippen molar-refractivity contribution >= 4 is 23.1 Å². The van der Waals surface area contributed by atoms with Crippen molar-refractivity contribution in [2.45, 2.75) is 58.2 Å². The predicted molar refractivity (Wildman–Crippen MR) is 124 cm³/mol. The summed E-state index contributed by atoms with van der Waals surface area (Å²) in [6.45, 7) is 7.53. The number of alkyl carbamates (subject to hydrolysis) is 1. The number of anilines is 1. The number of hydrogen-bond acceptors (Lipinski definition) is 4. The number of fused-ring (bicyclic) bond motifs is 1. The van der Waals surface area contributed by atoms with E-state index in [1.165, 1.54) is 12.1 Å². The van der Waals surface area contributed by atoms with E-state index in [9.17, 15) is 9.18 Å². The zero-order valence-electron chi connectivity index (χ0n) is 19.0. The van der Waals surface area contributed by atoms with Crippen LogP contribution in [0.15, 0.2) is 48.5 Å². The lowest BCUT2D eigenvalue weighted by atomic mass is 10.0. The molecule has 1 saturated heterocycles. The zero-order valence-corrected chi connectivity index (χ0v) is 19.0. The second-order valence-electron chi connectivity index (χ2n) is 9.34. The molecule has 1 aromatic heterocycles. The number of nitrogens with zero attached hydrogens (tertiary/aromatic N) is 3. The SMILES string of the molecule is CC(C)(C)OC(=O)NCC1CCCCN1c1nc2ccccc2n1Cc1ccc(F)cc1. The molecule has 1 aliphatic heterocycles. The molecule has 1 unspecified atom stereocenters. The molecule has 4 rings (SSSR count). The van der Waals surface area contributed by atoms with Crippen LogP contribution in [0.3, 0.4) is 0 Å². The van der Waals surface area contributed by atoms with Gasteiger partial charge >= 0.3 is 6.09 Å². The van der Waals surface area contributed by atoms with Crippen LogP contribution in [-0.4, -0.2) is 40.4 Å². The summed E-state index contributed by atoms with van der Waals surface area (Å²) >= 11 is 0. The molecular formula is C25H31FN4O2. The Kier molecular flexibility index (Phi) is 6.35. The van der Waals surface area contributed by atoms with Crippen molar-refractivity contribution in [2.24, 2.45) is 0 Å². The van der Waals surface area contributed by atoms with E-state index < -0.39 is 11.7 Å². The molecule has 0 radical (unpaired) electrons. The number of piperidine rings is 1. The first-order chi connectivity index (χ1) is 15.3. The fourth-order valence-corrected chi connectivity index (χ4v) is 4.20. The highest BCUT2D eigenvalue weighted by atomic mass is 19.1. The first-order valence-electron chi connectivity index (χ1n) is 11.2. The zero-order chi connectivity index (χ0) is 22.7. The minimum absolute atomic E-state index is 0.125. The second kappa shape index (κ2) is 9.18. The number of carbonyl (C=O) groups is 1. The van der Waals surface area contributed by atoms with Gasteiger partial charge in [0, 0.05) is 19.1 Å². The molecule has 1 atom stereocenters. The smallest absolute Gasteiger partial charge is 0.407 e. The maximum atomic E-state index is 13.4. The summed E-state index contributed by atoms with van der Waals surface area (Å²) in [5.41, 5.74) is 2.45. The van der Waals surface area contributed by atoms with Gasteiger partial charge in [0.15, 0.2) is 0 Å². The Bertz CT molecular complexity index is 1070. The third kappa shape index (κ3) is 5.21. The molecule has 0 bridgehead atoms. The van der Waals surface area contributed by atoms with Gasteiger partial charge in [-0.2, -0.15) is 0 Å². The topological polar surface area (TPSA) is 59.4 Å². The van der Waals surface area contributed by atoms with Crippen LogP contribution in [0.25, 0.3) is 11.0 Å². The minimum atomic E-state index is -0.528. The van der Waals surface area contributed by atoms with E-state index in [4.69, 9.17) is 9.72 Å². The lowest BCUT2D eigenvalue weighted by molar-refractivity contribution is 0.0522. The van der Waals surface area contributed by atoms with Crippen molar-refractivity contribution in [3.63, 3.8) is 0 Å². The van der Waals surface area contributed by atoms with E-state index in [1.54, 1.807) is 0 Å². The molecule has 6 nitrogen and oxygen atoms in total. The Morgan fingerprint density at radius 1 is 1.16 bits per heavy atom. The van der Waals surface area contributed by atoms with E-state index in [1.807, 2.05) is 51.1 Å². The number of halogens is 1. The lowest BCUT2D eigenvalue weighted by Gasteiger charge is -2.37. The molecule has 2 aromatic carbocycles. The van der Waals surface area contributed by atoms with Gasteiger partial charge in [0.05, 0.1) is 17.6 Å². The van der Waals surface area contributed by atoms with Gasteiger partial charge in [-0.15, -0.1) is 0 Å². The summed E-state index contributed by atoms with van der Waals surface area (Å²) < 4.78 is 21.0. The molecule has 7 heteroatoms. The monoisotopic (exact) mass is 438 g/mol. The molecule has 1 aliphatic rings. The Morgan fingerprint density at radius 2 is 1.91 bits per heavy atom. The van der Waals surface area contributed by atoms with Crippen LogP contribution in [-0.2, 0) is 11.3 Å². The lowest BCUT2D eigenvalue weighted by Crippen LogP contribution is -2.48. The number of aromatic nitrogens is 2. The molecule has 0 saturated carbocycles. The van der Waals surface area contributed by atoms with Gasteiger partial charge in [-0.25, -0.2) is 14.2 Å². The molecule has 1 N–H and O–H groups in total. The average molecular weight is 439 g/mol. The van der Waals surface area contributed by atoms with E-state index in [0.717, 1.165) is 48.4 Å². The minimum Gasteiger partial charge on any atom is -0.444 e. The summed E-state index contributed by atoms with van der Waals surface area (Å²) in [6.07, 6.45) is 2.75. The van der Waals surface area contributed by atoms with Gasteiger partial charge in [0.1, 0.15) is 11.4 Å². The van der Waals surface area contributed by atoms with Gasteiger partial charge < -0.3 is 19.5 Å². The van der Waals surface area contributed by atoms with Crippen molar-refractivity contribution in [3.8, 4) is 0 Å². The van der Waals surface area contributed by atoms with E-state index in [2.05, 4.69) is 20.9 Å². The predicted octanol–water partition coefficient (Wildman–Crippen LogP) is 5.11. The number of imidazole rings is 1. The van der Waals surface area contributed by atoms with Gasteiger partial charge in [-0.3, -0.25) is 0 Å². The normalized spacial score (nSPS) is 16.9. The molecule has 0 spiro atoms. The number of para-hydroxylation sites is 2. The number of carbonyl (C=O) groups excluding carboxylic acids is 1. The van der Waals surface area contributed by atoms with Gasteiger partial charge in [-0.05, 0) is 69.9 Å². The summed E-state index contributed by atoms with van der Waals surface area (Å²) in [5.74, 6) is 0.639. The third-order valence-electron chi connectivity index (χ3n) is 5.65. The molecule has 32 heavy (non-hydrogen) atoms. The van der Waals surface area contributed by atoms with Crippen molar-refractivity contribution in [1.82, 2.24) is 14.9 Å². The van der Waals surface area contributed by atoms with E-state index in [0.29, 0.717) is 13.1 Å². The van der Waals surface area contributed by atoms with Crippen LogP contribution in [0.4, 0.5) is 15.1 Å². The Balaban J connectivity index is 1.61. The quantitative estimate of drug-likeness (QED) is 0.602. The highest BCUT2D eigenvalue weighted by Gasteiger charge is 2.28. The second-order valence-corrected chi connectivity index (χ2v) is 9.34. The first kappa shape index (κ1) is 22.1. The molecule has 1 amide bonds. The molecule has 2 heterocycles. The van der Waals surface area contributed by atoms with Crippen LogP contribution in [0, 0.1) is 5.82 Å². The van der Waals surface area contributed by atoms with Gasteiger partial charge in [0.2, 0.25) is 5.95 Å². The molecule has 3 aromatic rings. The standard InChI is InChI=1S/C25H31FN4O2/c1-25(2,3)32-24(31)27-16-20-8-6-7-15-29(20)23-28-21-9-4-5-10-22(21)30(23)17-18-11-13-19(26)14-12-18/h4-5,9-14,20H,6-8,15-17H2,1-3H3,(H,27,31).